The Kier molecular flexibility index (Phi) is 5.66. The average Bonchev–Trinajstić information content (AvgIpc) is 3.07. The summed E-state index contributed by atoms with van der Waals surface area (Å²) >= 11 is 7.97. The first kappa shape index (κ1) is 16.2. The molecule has 1 amide bonds. The van der Waals surface area contributed by atoms with Crippen LogP contribution in [0.4, 0.5) is 0 Å². The smallest absolute Gasteiger partial charge is 0.253 e. The molecule has 0 radical (unpaired) electrons. The number of hydrogen-bond acceptors (Lipinski definition) is 3. The first-order chi connectivity index (χ1) is 10.7. The Labute approximate surface area is 141 Å². The zero-order valence-electron chi connectivity index (χ0n) is 12.8. The van der Waals surface area contributed by atoms with Gasteiger partial charge in [-0.2, -0.15) is 11.8 Å². The Morgan fingerprint density at radius 1 is 1.23 bits per heavy atom. The van der Waals surface area contributed by atoms with Gasteiger partial charge in [-0.15, -0.1) is 0 Å². The fourth-order valence-corrected chi connectivity index (χ4v) is 4.51. The van der Waals surface area contributed by atoms with Crippen LogP contribution in [0.25, 0.3) is 0 Å². The predicted octanol–water partition coefficient (Wildman–Crippen LogP) is 3.43. The highest BCUT2D eigenvalue weighted by atomic mass is 35.5. The lowest BCUT2D eigenvalue weighted by Crippen LogP contribution is -2.46. The van der Waals surface area contributed by atoms with Gasteiger partial charge in [0.05, 0.1) is 0 Å². The van der Waals surface area contributed by atoms with Gasteiger partial charge in [0, 0.05) is 41.5 Å². The number of carbonyl (C=O) groups is 1. The maximum Gasteiger partial charge on any atom is 0.253 e. The van der Waals surface area contributed by atoms with Crippen molar-refractivity contribution in [1.82, 2.24) is 10.2 Å². The number of hydrogen-bond donors (Lipinski definition) is 1. The van der Waals surface area contributed by atoms with Crippen molar-refractivity contribution >= 4 is 29.3 Å². The summed E-state index contributed by atoms with van der Waals surface area (Å²) in [5, 5.41) is 5.16. The van der Waals surface area contributed by atoms with E-state index in [1.54, 1.807) is 12.1 Å². The van der Waals surface area contributed by atoms with Gasteiger partial charge in [0.15, 0.2) is 0 Å². The Morgan fingerprint density at radius 3 is 2.59 bits per heavy atom. The van der Waals surface area contributed by atoms with E-state index in [0.29, 0.717) is 11.1 Å². The Bertz CT molecular complexity index is 494. The summed E-state index contributed by atoms with van der Waals surface area (Å²) in [6.07, 6.45) is 4.82. The van der Waals surface area contributed by atoms with E-state index < -0.39 is 0 Å². The third-order valence-corrected chi connectivity index (χ3v) is 6.18. The highest BCUT2D eigenvalue weighted by Crippen LogP contribution is 2.25. The molecular weight excluding hydrogens is 316 g/mol. The molecule has 0 aromatic heterocycles. The van der Waals surface area contributed by atoms with Crippen LogP contribution in [0.3, 0.4) is 0 Å². The number of benzene rings is 1. The molecule has 2 aliphatic heterocycles. The minimum Gasteiger partial charge on any atom is -0.339 e. The van der Waals surface area contributed by atoms with Crippen LogP contribution in [0, 0.1) is 0 Å². The molecule has 0 unspecified atom stereocenters. The van der Waals surface area contributed by atoms with Gasteiger partial charge < -0.3 is 10.2 Å². The minimum absolute atomic E-state index is 0.126. The van der Waals surface area contributed by atoms with Crippen molar-refractivity contribution in [3.63, 3.8) is 0 Å². The second-order valence-electron chi connectivity index (χ2n) is 6.12. The van der Waals surface area contributed by atoms with Gasteiger partial charge in [-0.3, -0.25) is 4.79 Å². The van der Waals surface area contributed by atoms with Crippen molar-refractivity contribution in [2.24, 2.45) is 0 Å². The molecule has 5 heteroatoms. The predicted molar refractivity (Wildman–Crippen MR) is 93.9 cm³/mol. The van der Waals surface area contributed by atoms with Gasteiger partial charge in [-0.25, -0.2) is 0 Å². The number of piperidine rings is 1. The maximum absolute atomic E-state index is 12.4. The van der Waals surface area contributed by atoms with Gasteiger partial charge in [0.2, 0.25) is 0 Å². The highest BCUT2D eigenvalue weighted by molar-refractivity contribution is 8.00. The fourth-order valence-electron chi connectivity index (χ4n) is 3.17. The first-order valence-corrected chi connectivity index (χ1v) is 9.55. The molecule has 2 aliphatic rings. The number of nitrogens with zero attached hydrogens (tertiary/aromatic N) is 1. The summed E-state index contributed by atoms with van der Waals surface area (Å²) in [6, 6.07) is 7.75. The zero-order chi connectivity index (χ0) is 15.4. The lowest BCUT2D eigenvalue weighted by atomic mass is 10.0. The molecule has 0 saturated carbocycles. The summed E-state index contributed by atoms with van der Waals surface area (Å²) in [7, 11) is 0. The molecular formula is C17H23ClN2OS. The molecule has 1 aromatic rings. The molecule has 1 aromatic carbocycles. The summed E-state index contributed by atoms with van der Waals surface area (Å²) in [5.74, 6) is 1.45. The average molecular weight is 339 g/mol. The van der Waals surface area contributed by atoms with Crippen LogP contribution >= 0.6 is 23.4 Å². The van der Waals surface area contributed by atoms with Crippen LogP contribution < -0.4 is 5.32 Å². The molecule has 0 aliphatic carbocycles. The molecule has 3 rings (SSSR count). The molecule has 2 fully saturated rings. The number of carbonyl (C=O) groups excluding carboxylic acids is 1. The molecule has 3 nitrogen and oxygen atoms in total. The van der Waals surface area contributed by atoms with E-state index in [9.17, 15) is 4.79 Å². The van der Waals surface area contributed by atoms with Crippen molar-refractivity contribution in [3.05, 3.63) is 34.9 Å². The maximum atomic E-state index is 12.4. The fraction of sp³-hybridized carbons (Fsp3) is 0.588. The monoisotopic (exact) mass is 338 g/mol. The molecule has 0 bridgehead atoms. The Balaban J connectivity index is 1.44. The number of thioether (sulfide) groups is 1. The summed E-state index contributed by atoms with van der Waals surface area (Å²) in [5.41, 5.74) is 0.734. The number of rotatable bonds is 4. The van der Waals surface area contributed by atoms with Gasteiger partial charge in [0.1, 0.15) is 0 Å². The lowest BCUT2D eigenvalue weighted by molar-refractivity contribution is 0.0705. The van der Waals surface area contributed by atoms with Crippen LogP contribution in [-0.2, 0) is 0 Å². The van der Waals surface area contributed by atoms with Crippen LogP contribution in [0.2, 0.25) is 5.02 Å². The Morgan fingerprint density at radius 2 is 1.95 bits per heavy atom. The number of nitrogens with one attached hydrogen (secondary N) is 1. The van der Waals surface area contributed by atoms with E-state index in [-0.39, 0.29) is 5.91 Å². The third-order valence-electron chi connectivity index (χ3n) is 4.53. The van der Waals surface area contributed by atoms with Crippen LogP contribution in [0.15, 0.2) is 24.3 Å². The van der Waals surface area contributed by atoms with Crippen LogP contribution in [0.5, 0.6) is 0 Å². The van der Waals surface area contributed by atoms with E-state index in [1.165, 1.54) is 18.6 Å². The first-order valence-electron chi connectivity index (χ1n) is 8.12. The van der Waals surface area contributed by atoms with Gasteiger partial charge in [-0.1, -0.05) is 11.6 Å². The van der Waals surface area contributed by atoms with Crippen molar-refractivity contribution in [1.29, 1.82) is 0 Å². The zero-order valence-corrected chi connectivity index (χ0v) is 14.3. The molecule has 2 saturated heterocycles. The van der Waals surface area contributed by atoms with Gasteiger partial charge >= 0.3 is 0 Å². The van der Waals surface area contributed by atoms with E-state index in [1.807, 2.05) is 17.0 Å². The van der Waals surface area contributed by atoms with Crippen molar-refractivity contribution in [2.75, 3.05) is 25.4 Å². The number of amides is 1. The normalized spacial score (nSPS) is 23.0. The second-order valence-corrected chi connectivity index (χ2v) is 7.96. The van der Waals surface area contributed by atoms with Crippen molar-refractivity contribution in [2.45, 2.75) is 37.0 Å². The quantitative estimate of drug-likeness (QED) is 0.912. The third kappa shape index (κ3) is 4.18. The van der Waals surface area contributed by atoms with E-state index in [4.69, 9.17) is 11.6 Å². The molecule has 0 spiro atoms. The highest BCUT2D eigenvalue weighted by Gasteiger charge is 2.24. The standard InChI is InChI=1S/C17H23ClN2OS/c18-14-5-3-13(4-6-14)17(21)20-9-7-15(8-10-20)19-12-16-2-1-11-22-16/h3-6,15-16,19H,1-2,7-12H2/t16-/m1/s1. The van der Waals surface area contributed by atoms with Gasteiger partial charge in [0.25, 0.3) is 5.91 Å². The van der Waals surface area contributed by atoms with Gasteiger partial charge in [-0.05, 0) is 55.7 Å². The number of halogens is 1. The topological polar surface area (TPSA) is 32.3 Å². The van der Waals surface area contributed by atoms with E-state index >= 15 is 0 Å². The van der Waals surface area contributed by atoms with E-state index in [2.05, 4.69) is 17.1 Å². The molecule has 1 N–H and O–H groups in total. The SMILES string of the molecule is O=C(c1ccc(Cl)cc1)N1CCC(NC[C@H]2CCCS2)CC1. The summed E-state index contributed by atoms with van der Waals surface area (Å²) < 4.78 is 0. The molecule has 22 heavy (non-hydrogen) atoms. The molecule has 2 heterocycles. The molecule has 1 atom stereocenters. The Hall–Kier alpha value is -0.710. The summed E-state index contributed by atoms with van der Waals surface area (Å²) in [4.78, 5) is 14.4. The summed E-state index contributed by atoms with van der Waals surface area (Å²) in [6.45, 7) is 2.81. The molecule has 120 valence electrons. The number of likely N-dealkylation sites (tertiary alicyclic amines) is 1. The minimum atomic E-state index is 0.126. The van der Waals surface area contributed by atoms with Crippen molar-refractivity contribution in [3.8, 4) is 0 Å². The largest absolute Gasteiger partial charge is 0.339 e. The van der Waals surface area contributed by atoms with Crippen LogP contribution in [0.1, 0.15) is 36.0 Å². The lowest BCUT2D eigenvalue weighted by Gasteiger charge is -2.33. The van der Waals surface area contributed by atoms with Crippen LogP contribution in [-0.4, -0.2) is 47.5 Å². The van der Waals surface area contributed by atoms with E-state index in [0.717, 1.165) is 43.3 Å². The van der Waals surface area contributed by atoms with Crippen molar-refractivity contribution < 1.29 is 4.79 Å². The second kappa shape index (κ2) is 7.71.